The van der Waals surface area contributed by atoms with Crippen molar-refractivity contribution in [2.45, 2.75) is 50.0 Å². The van der Waals surface area contributed by atoms with Crippen LogP contribution in [0.5, 0.6) is 0 Å². The minimum Gasteiger partial charge on any atom is -0.300 e. The van der Waals surface area contributed by atoms with Gasteiger partial charge in [-0.25, -0.2) is 25.4 Å². The van der Waals surface area contributed by atoms with Crippen LogP contribution in [-0.4, -0.2) is 75.7 Å². The smallest absolute Gasteiger partial charge is 0.217 e. The first kappa shape index (κ1) is 23.2. The van der Waals surface area contributed by atoms with Crippen molar-refractivity contribution >= 4 is 31.6 Å². The summed E-state index contributed by atoms with van der Waals surface area (Å²) in [6.07, 6.45) is 2.66. The lowest BCUT2D eigenvalue weighted by Crippen LogP contribution is -2.37. The van der Waals surface area contributed by atoms with Crippen molar-refractivity contribution in [1.82, 2.24) is 8.61 Å². The Labute approximate surface area is 157 Å². The topological polar surface area (TPSA) is 109 Å². The Hall–Kier alpha value is -0.840. The van der Waals surface area contributed by atoms with E-state index >= 15 is 0 Å². The molecule has 0 heterocycles. The summed E-state index contributed by atoms with van der Waals surface area (Å²) in [5.41, 5.74) is 0. The van der Waals surface area contributed by atoms with Crippen molar-refractivity contribution in [2.75, 3.05) is 28.2 Å². The Kier molecular flexibility index (Phi) is 7.54. The van der Waals surface area contributed by atoms with E-state index in [-0.39, 0.29) is 23.4 Å². The summed E-state index contributed by atoms with van der Waals surface area (Å²) in [6, 6.07) is 0. The summed E-state index contributed by atoms with van der Waals surface area (Å²) in [4.78, 5) is 22.0. The van der Waals surface area contributed by atoms with Crippen LogP contribution in [0.4, 0.5) is 0 Å². The molecule has 4 atom stereocenters. The molecule has 152 valence electrons. The molecule has 0 N–H and O–H groups in total. The van der Waals surface area contributed by atoms with E-state index in [4.69, 9.17) is 0 Å². The zero-order chi connectivity index (χ0) is 20.4. The number of hydrogen-bond donors (Lipinski definition) is 0. The van der Waals surface area contributed by atoms with Gasteiger partial charge in [-0.2, -0.15) is 0 Å². The van der Waals surface area contributed by atoms with Crippen LogP contribution in [0.25, 0.3) is 0 Å². The zero-order valence-electron chi connectivity index (χ0n) is 16.3. The highest BCUT2D eigenvalue weighted by Crippen LogP contribution is 2.38. The number of hydrogen-bond acceptors (Lipinski definition) is 6. The number of carbonyl (C=O) groups excluding carboxylic acids is 2. The molecule has 10 heteroatoms. The van der Waals surface area contributed by atoms with Crippen LogP contribution in [0.15, 0.2) is 0 Å². The molecule has 2 aliphatic rings. The molecule has 0 aliphatic heterocycles. The van der Waals surface area contributed by atoms with Crippen LogP contribution in [0.3, 0.4) is 0 Å². The molecule has 4 unspecified atom stereocenters. The van der Waals surface area contributed by atoms with Gasteiger partial charge >= 0.3 is 0 Å². The third-order valence-electron chi connectivity index (χ3n) is 5.01. The average Bonchev–Trinajstić information content (AvgIpc) is 3.17. The van der Waals surface area contributed by atoms with Gasteiger partial charge in [-0.05, 0) is 33.1 Å². The maximum absolute atomic E-state index is 11.8. The molecule has 26 heavy (non-hydrogen) atoms. The third kappa shape index (κ3) is 5.11. The lowest BCUT2D eigenvalue weighted by Gasteiger charge is -2.21. The van der Waals surface area contributed by atoms with Gasteiger partial charge in [0, 0.05) is 40.0 Å². The quantitative estimate of drug-likeness (QED) is 0.630. The molecular formula is C16H30N2O6S2. The van der Waals surface area contributed by atoms with Gasteiger partial charge in [-0.15, -0.1) is 0 Å². The van der Waals surface area contributed by atoms with Crippen molar-refractivity contribution in [3.05, 3.63) is 0 Å². The van der Waals surface area contributed by atoms with E-state index in [2.05, 4.69) is 0 Å². The Morgan fingerprint density at radius 3 is 1.50 bits per heavy atom. The lowest BCUT2D eigenvalue weighted by atomic mass is 10.0. The number of ketones is 2. The van der Waals surface area contributed by atoms with E-state index in [0.717, 1.165) is 6.42 Å². The van der Waals surface area contributed by atoms with E-state index < -0.39 is 30.5 Å². The SMILES string of the molecule is CC(=O)C1CC1S(=O)(=O)N(C)C.CC(=O)C1CCCC1S(=O)(=O)N(C)C. The number of Topliss-reactive ketones (excluding diaryl/α,β-unsaturated/α-hetero) is 2. The summed E-state index contributed by atoms with van der Waals surface area (Å²) in [5.74, 6) is -0.567. The van der Waals surface area contributed by atoms with E-state index in [1.54, 1.807) is 0 Å². The summed E-state index contributed by atoms with van der Waals surface area (Å²) in [5, 5.41) is -0.944. The first-order valence-corrected chi connectivity index (χ1v) is 11.6. The summed E-state index contributed by atoms with van der Waals surface area (Å²) in [6.45, 7) is 2.92. The van der Waals surface area contributed by atoms with Gasteiger partial charge in [-0.1, -0.05) is 6.42 Å². The van der Waals surface area contributed by atoms with Crippen LogP contribution in [0.2, 0.25) is 0 Å². The molecular weight excluding hydrogens is 380 g/mol. The van der Waals surface area contributed by atoms with Gasteiger partial charge in [0.05, 0.1) is 10.5 Å². The predicted octanol–water partition coefficient (Wildman–Crippen LogP) is 0.491. The highest BCUT2D eigenvalue weighted by atomic mass is 32.2. The minimum atomic E-state index is -3.26. The highest BCUT2D eigenvalue weighted by molar-refractivity contribution is 7.90. The predicted molar refractivity (Wildman–Crippen MR) is 99.6 cm³/mol. The molecule has 0 amide bonds. The van der Waals surface area contributed by atoms with Gasteiger partial charge < -0.3 is 0 Å². The lowest BCUT2D eigenvalue weighted by molar-refractivity contribution is -0.120. The molecule has 8 nitrogen and oxygen atoms in total. The number of sulfonamides is 2. The molecule has 2 fully saturated rings. The Balaban J connectivity index is 0.000000263. The molecule has 0 aromatic carbocycles. The summed E-state index contributed by atoms with van der Waals surface area (Å²) < 4.78 is 48.8. The molecule has 0 spiro atoms. The molecule has 0 saturated heterocycles. The fourth-order valence-electron chi connectivity index (χ4n) is 3.22. The van der Waals surface area contributed by atoms with Gasteiger partial charge in [0.2, 0.25) is 20.0 Å². The van der Waals surface area contributed by atoms with Crippen molar-refractivity contribution < 1.29 is 26.4 Å². The zero-order valence-corrected chi connectivity index (χ0v) is 17.9. The number of nitrogens with zero attached hydrogens (tertiary/aromatic N) is 2. The Bertz CT molecular complexity index is 743. The molecule has 0 radical (unpaired) electrons. The van der Waals surface area contributed by atoms with Crippen molar-refractivity contribution in [2.24, 2.45) is 11.8 Å². The van der Waals surface area contributed by atoms with E-state index in [9.17, 15) is 26.4 Å². The van der Waals surface area contributed by atoms with E-state index in [1.807, 2.05) is 0 Å². The van der Waals surface area contributed by atoms with Crippen LogP contribution in [0, 0.1) is 11.8 Å². The highest BCUT2D eigenvalue weighted by Gasteiger charge is 2.50. The second-order valence-electron chi connectivity index (χ2n) is 7.33. The minimum absolute atomic E-state index is 0.00192. The van der Waals surface area contributed by atoms with Crippen LogP contribution >= 0.6 is 0 Å². The van der Waals surface area contributed by atoms with Crippen LogP contribution in [0.1, 0.15) is 39.5 Å². The normalized spacial score (nSPS) is 28.6. The second kappa shape index (κ2) is 8.45. The maximum atomic E-state index is 11.8. The fraction of sp³-hybridized carbons (Fsp3) is 0.875. The molecule has 0 bridgehead atoms. The first-order valence-electron chi connectivity index (χ1n) is 8.58. The van der Waals surface area contributed by atoms with Crippen molar-refractivity contribution in [3.8, 4) is 0 Å². The van der Waals surface area contributed by atoms with E-state index in [1.165, 1.54) is 50.6 Å². The van der Waals surface area contributed by atoms with Gasteiger partial charge in [0.25, 0.3) is 0 Å². The fourth-order valence-corrected chi connectivity index (χ4v) is 6.57. The average molecular weight is 411 g/mol. The molecule has 0 aromatic heterocycles. The van der Waals surface area contributed by atoms with E-state index in [0.29, 0.717) is 19.3 Å². The molecule has 2 saturated carbocycles. The Morgan fingerprint density at radius 1 is 0.731 bits per heavy atom. The van der Waals surface area contributed by atoms with Gasteiger partial charge in [0.15, 0.2) is 0 Å². The second-order valence-corrected chi connectivity index (χ2v) is 12.1. The van der Waals surface area contributed by atoms with Gasteiger partial charge in [0.1, 0.15) is 11.6 Å². The molecule has 0 aromatic rings. The largest absolute Gasteiger partial charge is 0.300 e. The maximum Gasteiger partial charge on any atom is 0.217 e. The summed E-state index contributed by atoms with van der Waals surface area (Å²) >= 11 is 0. The Morgan fingerprint density at radius 2 is 1.15 bits per heavy atom. The molecule has 2 rings (SSSR count). The first-order chi connectivity index (χ1) is 11.7. The van der Waals surface area contributed by atoms with Crippen molar-refractivity contribution in [1.29, 1.82) is 0 Å². The summed E-state index contributed by atoms with van der Waals surface area (Å²) in [7, 11) is -0.424. The standard InChI is InChI=1S/C9H17NO3S.C7H13NO3S/c1-7(11)8-5-4-6-9(8)14(12,13)10(2)3;1-5(9)6-4-7(6)12(10,11)8(2)3/h8-9H,4-6H2,1-3H3;6-7H,4H2,1-3H3. The number of carbonyl (C=O) groups is 2. The van der Waals surface area contributed by atoms with Crippen LogP contribution in [-0.2, 0) is 29.6 Å². The van der Waals surface area contributed by atoms with Gasteiger partial charge in [-0.3, -0.25) is 9.59 Å². The monoisotopic (exact) mass is 410 g/mol. The third-order valence-corrected chi connectivity index (χ3v) is 9.66. The van der Waals surface area contributed by atoms with Crippen molar-refractivity contribution in [3.63, 3.8) is 0 Å². The van der Waals surface area contributed by atoms with Crippen LogP contribution < -0.4 is 0 Å². The number of rotatable bonds is 6. The molecule has 2 aliphatic carbocycles.